The number of nitrogens with zero attached hydrogens (tertiary/aromatic N) is 3. The Kier molecular flexibility index (Phi) is 11.5. The van der Waals surface area contributed by atoms with Crippen LogP contribution in [0.2, 0.25) is 0 Å². The van der Waals surface area contributed by atoms with E-state index in [4.69, 9.17) is 18.9 Å². The molecular formula is C31H41N3O5. The molecule has 0 heterocycles. The van der Waals surface area contributed by atoms with E-state index in [0.29, 0.717) is 43.4 Å². The van der Waals surface area contributed by atoms with Crippen molar-refractivity contribution >= 4 is 5.91 Å². The molecule has 3 aromatic carbocycles. The molecule has 39 heavy (non-hydrogen) atoms. The molecule has 0 aromatic heterocycles. The quantitative estimate of drug-likeness (QED) is 0.285. The van der Waals surface area contributed by atoms with Crippen molar-refractivity contribution in [3.8, 4) is 23.0 Å². The lowest BCUT2D eigenvalue weighted by Crippen LogP contribution is -2.30. The number of hydrogen-bond donors (Lipinski definition) is 0. The number of rotatable bonds is 15. The van der Waals surface area contributed by atoms with Gasteiger partial charge in [-0.15, -0.1) is 0 Å². The fourth-order valence-corrected chi connectivity index (χ4v) is 3.87. The maximum Gasteiger partial charge on any atom is 0.254 e. The second kappa shape index (κ2) is 15.0. The third kappa shape index (κ3) is 9.50. The maximum absolute atomic E-state index is 13.7. The molecule has 3 rings (SSSR count). The first-order valence-electron chi connectivity index (χ1n) is 13.0. The summed E-state index contributed by atoms with van der Waals surface area (Å²) in [5, 5.41) is 0. The highest BCUT2D eigenvalue weighted by atomic mass is 16.5. The normalized spacial score (nSPS) is 11.0. The maximum atomic E-state index is 13.7. The molecule has 0 N–H and O–H groups in total. The third-order valence-electron chi connectivity index (χ3n) is 6.13. The minimum atomic E-state index is -0.103. The van der Waals surface area contributed by atoms with Crippen LogP contribution < -0.4 is 18.9 Å². The fourth-order valence-electron chi connectivity index (χ4n) is 3.87. The van der Waals surface area contributed by atoms with Crippen molar-refractivity contribution in [2.75, 3.05) is 68.7 Å². The van der Waals surface area contributed by atoms with Gasteiger partial charge in [-0.1, -0.05) is 24.3 Å². The largest absolute Gasteiger partial charge is 0.493 e. The number of benzene rings is 3. The topological polar surface area (TPSA) is 63.7 Å². The van der Waals surface area contributed by atoms with Crippen LogP contribution in [-0.4, -0.2) is 89.3 Å². The summed E-state index contributed by atoms with van der Waals surface area (Å²) in [6.07, 6.45) is 0. The highest BCUT2D eigenvalue weighted by molar-refractivity contribution is 5.95. The number of carbonyl (C=O) groups excluding carboxylic acids is 1. The molecule has 0 radical (unpaired) electrons. The molecule has 3 aromatic rings. The van der Waals surface area contributed by atoms with E-state index in [9.17, 15) is 4.79 Å². The molecule has 0 saturated heterocycles. The Labute approximate surface area is 232 Å². The molecule has 0 aliphatic carbocycles. The Morgan fingerprint density at radius 3 is 1.51 bits per heavy atom. The summed E-state index contributed by atoms with van der Waals surface area (Å²) in [6.45, 7) is 3.79. The van der Waals surface area contributed by atoms with Crippen molar-refractivity contribution in [3.05, 3.63) is 83.4 Å². The number of carbonyl (C=O) groups is 1. The van der Waals surface area contributed by atoms with E-state index in [0.717, 1.165) is 35.7 Å². The summed E-state index contributed by atoms with van der Waals surface area (Å²) in [7, 11) is 11.2. The Bertz CT molecular complexity index is 1100. The summed E-state index contributed by atoms with van der Waals surface area (Å²) in [6, 6.07) is 21.0. The molecule has 0 saturated carbocycles. The van der Waals surface area contributed by atoms with E-state index in [1.54, 1.807) is 32.4 Å². The van der Waals surface area contributed by atoms with E-state index < -0.39 is 0 Å². The first kappa shape index (κ1) is 29.8. The molecule has 1 amide bonds. The van der Waals surface area contributed by atoms with Crippen LogP contribution >= 0.6 is 0 Å². The van der Waals surface area contributed by atoms with Gasteiger partial charge < -0.3 is 33.6 Å². The number of amides is 1. The fraction of sp³-hybridized carbons (Fsp3) is 0.387. The summed E-state index contributed by atoms with van der Waals surface area (Å²) in [5.41, 5.74) is 2.54. The number of likely N-dealkylation sites (N-methyl/N-ethyl adjacent to an activating group) is 2. The van der Waals surface area contributed by atoms with Crippen molar-refractivity contribution < 1.29 is 23.7 Å². The van der Waals surface area contributed by atoms with Crippen LogP contribution in [0.4, 0.5) is 0 Å². The van der Waals surface area contributed by atoms with E-state index in [-0.39, 0.29) is 5.91 Å². The predicted molar refractivity (Wildman–Crippen MR) is 154 cm³/mol. The lowest BCUT2D eigenvalue weighted by atomic mass is 10.1. The summed E-state index contributed by atoms with van der Waals surface area (Å²) >= 11 is 0. The van der Waals surface area contributed by atoms with Crippen molar-refractivity contribution in [1.29, 1.82) is 0 Å². The molecule has 0 bridgehead atoms. The highest BCUT2D eigenvalue weighted by Gasteiger charge is 2.19. The van der Waals surface area contributed by atoms with Gasteiger partial charge in [-0.2, -0.15) is 0 Å². The Morgan fingerprint density at radius 2 is 1.10 bits per heavy atom. The average molecular weight is 536 g/mol. The van der Waals surface area contributed by atoms with Gasteiger partial charge in [0.2, 0.25) is 0 Å². The second-order valence-electron chi connectivity index (χ2n) is 9.82. The highest BCUT2D eigenvalue weighted by Crippen LogP contribution is 2.29. The predicted octanol–water partition coefficient (Wildman–Crippen LogP) is 4.43. The average Bonchev–Trinajstić information content (AvgIpc) is 2.93. The summed E-state index contributed by atoms with van der Waals surface area (Å²) in [5.74, 6) is 2.61. The molecule has 0 aliphatic rings. The van der Waals surface area contributed by atoms with Crippen LogP contribution in [0.1, 0.15) is 21.5 Å². The molecule has 0 spiro atoms. The van der Waals surface area contributed by atoms with Crippen molar-refractivity contribution in [1.82, 2.24) is 14.7 Å². The molecule has 8 nitrogen and oxygen atoms in total. The van der Waals surface area contributed by atoms with Crippen molar-refractivity contribution in [2.45, 2.75) is 13.1 Å². The minimum absolute atomic E-state index is 0.103. The van der Waals surface area contributed by atoms with Gasteiger partial charge in [-0.25, -0.2) is 0 Å². The van der Waals surface area contributed by atoms with E-state index >= 15 is 0 Å². The zero-order valence-corrected chi connectivity index (χ0v) is 24.0. The van der Waals surface area contributed by atoms with E-state index in [1.807, 2.05) is 81.6 Å². The van der Waals surface area contributed by atoms with Gasteiger partial charge in [0.05, 0.1) is 14.2 Å². The zero-order chi connectivity index (χ0) is 28.2. The van der Waals surface area contributed by atoms with Crippen LogP contribution in [0.15, 0.2) is 66.7 Å². The third-order valence-corrected chi connectivity index (χ3v) is 6.13. The Morgan fingerprint density at radius 1 is 0.641 bits per heavy atom. The van der Waals surface area contributed by atoms with Gasteiger partial charge in [-0.05, 0) is 81.8 Å². The number of hydrogen-bond acceptors (Lipinski definition) is 7. The van der Waals surface area contributed by atoms with Crippen LogP contribution in [0.25, 0.3) is 0 Å². The van der Waals surface area contributed by atoms with Crippen LogP contribution in [-0.2, 0) is 13.1 Å². The molecular weight excluding hydrogens is 494 g/mol. The molecule has 0 unspecified atom stereocenters. The second-order valence-corrected chi connectivity index (χ2v) is 9.82. The Hall–Kier alpha value is -3.75. The van der Waals surface area contributed by atoms with Crippen LogP contribution in [0.3, 0.4) is 0 Å². The van der Waals surface area contributed by atoms with Crippen LogP contribution in [0.5, 0.6) is 23.0 Å². The van der Waals surface area contributed by atoms with E-state index in [2.05, 4.69) is 9.80 Å². The molecule has 210 valence electrons. The number of ether oxygens (including phenoxy) is 4. The van der Waals surface area contributed by atoms with Crippen LogP contribution in [0, 0.1) is 0 Å². The molecule has 0 aliphatic heterocycles. The first-order valence-corrected chi connectivity index (χ1v) is 13.0. The summed E-state index contributed by atoms with van der Waals surface area (Å²) < 4.78 is 22.4. The molecule has 0 atom stereocenters. The lowest BCUT2D eigenvalue weighted by Gasteiger charge is -2.24. The number of methoxy groups -OCH3 is 2. The smallest absolute Gasteiger partial charge is 0.254 e. The van der Waals surface area contributed by atoms with Gasteiger partial charge in [0, 0.05) is 31.7 Å². The van der Waals surface area contributed by atoms with Gasteiger partial charge in [0.25, 0.3) is 5.91 Å². The van der Waals surface area contributed by atoms with Gasteiger partial charge >= 0.3 is 0 Å². The van der Waals surface area contributed by atoms with Crippen molar-refractivity contribution in [2.24, 2.45) is 0 Å². The van der Waals surface area contributed by atoms with Gasteiger partial charge in [0.1, 0.15) is 24.7 Å². The first-order chi connectivity index (χ1) is 18.8. The van der Waals surface area contributed by atoms with E-state index in [1.165, 1.54) is 0 Å². The monoisotopic (exact) mass is 535 g/mol. The lowest BCUT2D eigenvalue weighted by molar-refractivity contribution is 0.0729. The molecule has 8 heteroatoms. The standard InChI is InChI=1S/C31H41N3O5/c1-32(2)17-19-38-27-12-7-24(8-13-27)22-34(31(35)26-11-16-29(36-5)30(21-26)37-6)23-25-9-14-28(15-10-25)39-20-18-33(3)4/h7-16,21H,17-20,22-23H2,1-6H3. The summed E-state index contributed by atoms with van der Waals surface area (Å²) in [4.78, 5) is 19.7. The SMILES string of the molecule is COc1ccc(C(=O)N(Cc2ccc(OCCN(C)C)cc2)Cc2ccc(OCCN(C)C)cc2)cc1OC. The molecule has 0 fully saturated rings. The van der Waals surface area contributed by atoms with Crippen molar-refractivity contribution in [3.63, 3.8) is 0 Å². The van der Waals surface area contributed by atoms with Gasteiger partial charge in [0.15, 0.2) is 11.5 Å². The Balaban J connectivity index is 1.78. The minimum Gasteiger partial charge on any atom is -0.493 e. The van der Waals surface area contributed by atoms with Gasteiger partial charge in [-0.3, -0.25) is 4.79 Å². The zero-order valence-electron chi connectivity index (χ0n) is 24.0.